The van der Waals surface area contributed by atoms with Crippen LogP contribution in [0.15, 0.2) is 29.3 Å². The Labute approximate surface area is 112 Å². The lowest BCUT2D eigenvalue weighted by Crippen LogP contribution is -2.43. The summed E-state index contributed by atoms with van der Waals surface area (Å²) in [6.07, 6.45) is 0.948. The first-order valence-corrected chi connectivity index (χ1v) is 9.37. The molecule has 0 radical (unpaired) electrons. The van der Waals surface area contributed by atoms with Gasteiger partial charge >= 0.3 is 0 Å². The van der Waals surface area contributed by atoms with E-state index in [4.69, 9.17) is 4.43 Å². The Balaban J connectivity index is 2.72. The van der Waals surface area contributed by atoms with Crippen LogP contribution in [0.1, 0.15) is 26.3 Å². The van der Waals surface area contributed by atoms with Crippen LogP contribution < -0.4 is 4.43 Å². The third kappa shape index (κ3) is 3.98. The molecule has 0 unspecified atom stereocenters. The summed E-state index contributed by atoms with van der Waals surface area (Å²) in [5.74, 6) is 0.983. The quantitative estimate of drug-likeness (QED) is 0.573. The molecular weight excluding hydrogens is 238 g/mol. The third-order valence-corrected chi connectivity index (χ3v) is 8.02. The molecule has 2 nitrogen and oxygen atoms in total. The van der Waals surface area contributed by atoms with Crippen LogP contribution in [0.5, 0.6) is 5.75 Å². The van der Waals surface area contributed by atoms with Gasteiger partial charge in [-0.15, -0.1) is 0 Å². The highest BCUT2D eigenvalue weighted by Gasteiger charge is 2.38. The number of rotatable bonds is 5. The normalized spacial score (nSPS) is 12.3. The van der Waals surface area contributed by atoms with Gasteiger partial charge in [-0.1, -0.05) is 32.9 Å². The van der Waals surface area contributed by atoms with Crippen molar-refractivity contribution in [1.82, 2.24) is 0 Å². The smallest absolute Gasteiger partial charge is 0.250 e. The van der Waals surface area contributed by atoms with E-state index in [9.17, 15) is 0 Å². The Morgan fingerprint density at radius 2 is 1.72 bits per heavy atom. The van der Waals surface area contributed by atoms with Crippen molar-refractivity contribution in [3.8, 4) is 5.75 Å². The van der Waals surface area contributed by atoms with Crippen LogP contribution in [0.3, 0.4) is 0 Å². The van der Waals surface area contributed by atoms with E-state index < -0.39 is 8.32 Å². The first kappa shape index (κ1) is 15.0. The van der Waals surface area contributed by atoms with Crippen LogP contribution >= 0.6 is 0 Å². The van der Waals surface area contributed by atoms with Crippen molar-refractivity contribution in [2.24, 2.45) is 4.99 Å². The van der Waals surface area contributed by atoms with E-state index in [0.717, 1.165) is 18.7 Å². The van der Waals surface area contributed by atoms with Gasteiger partial charge in [0.1, 0.15) is 5.75 Å². The average Bonchev–Trinajstić information content (AvgIpc) is 2.26. The molecule has 0 spiro atoms. The molecule has 0 saturated heterocycles. The van der Waals surface area contributed by atoms with E-state index in [1.807, 2.05) is 0 Å². The van der Waals surface area contributed by atoms with Crippen LogP contribution in [-0.4, -0.2) is 21.6 Å². The van der Waals surface area contributed by atoms with E-state index in [1.165, 1.54) is 5.56 Å². The lowest BCUT2D eigenvalue weighted by Gasteiger charge is -2.36. The number of aliphatic imine (C=N–C) groups is 1. The summed E-state index contributed by atoms with van der Waals surface area (Å²) < 4.78 is 6.23. The van der Waals surface area contributed by atoms with Gasteiger partial charge in [-0.3, -0.25) is 0 Å². The second kappa shape index (κ2) is 5.70. The van der Waals surface area contributed by atoms with Gasteiger partial charge in [0.2, 0.25) is 8.32 Å². The van der Waals surface area contributed by atoms with Gasteiger partial charge in [0.25, 0.3) is 0 Å². The fraction of sp³-hybridized carbons (Fsp3) is 0.533. The molecule has 0 bridgehead atoms. The third-order valence-electron chi connectivity index (χ3n) is 3.66. The van der Waals surface area contributed by atoms with Crippen LogP contribution in [0.4, 0.5) is 0 Å². The summed E-state index contributed by atoms with van der Waals surface area (Å²) in [7, 11) is -1.72. The minimum Gasteiger partial charge on any atom is -0.544 e. The summed E-state index contributed by atoms with van der Waals surface area (Å²) >= 11 is 0. The molecule has 0 saturated carbocycles. The molecule has 1 rings (SSSR count). The maximum atomic E-state index is 6.23. The maximum absolute atomic E-state index is 6.23. The number of hydrogen-bond acceptors (Lipinski definition) is 2. The van der Waals surface area contributed by atoms with Gasteiger partial charge in [-0.05, 0) is 49.0 Å². The molecule has 1 aromatic carbocycles. The van der Waals surface area contributed by atoms with Crippen molar-refractivity contribution >= 4 is 15.0 Å². The van der Waals surface area contributed by atoms with Gasteiger partial charge in [0.05, 0.1) is 0 Å². The largest absolute Gasteiger partial charge is 0.544 e. The summed E-state index contributed by atoms with van der Waals surface area (Å²) in [6, 6.07) is 8.37. The zero-order valence-electron chi connectivity index (χ0n) is 12.3. The molecule has 0 atom stereocenters. The summed E-state index contributed by atoms with van der Waals surface area (Å²) in [4.78, 5) is 3.87. The maximum Gasteiger partial charge on any atom is 0.250 e. The van der Waals surface area contributed by atoms with Crippen LogP contribution in [0.25, 0.3) is 0 Å². The fourth-order valence-corrected chi connectivity index (χ4v) is 2.41. The van der Waals surface area contributed by atoms with Crippen molar-refractivity contribution in [2.75, 3.05) is 6.54 Å². The molecule has 0 N–H and O–H groups in total. The minimum atomic E-state index is -1.72. The van der Waals surface area contributed by atoms with Crippen molar-refractivity contribution in [3.63, 3.8) is 0 Å². The molecular formula is C15H25NOSi. The molecule has 0 amide bonds. The monoisotopic (exact) mass is 263 g/mol. The molecule has 0 aromatic heterocycles. The van der Waals surface area contributed by atoms with Crippen LogP contribution in [0, 0.1) is 0 Å². The van der Waals surface area contributed by atoms with Gasteiger partial charge in [0, 0.05) is 6.54 Å². The fourth-order valence-electron chi connectivity index (χ4n) is 1.38. The zero-order chi connectivity index (χ0) is 13.8. The van der Waals surface area contributed by atoms with Gasteiger partial charge in [-0.2, -0.15) is 0 Å². The number of hydrogen-bond donors (Lipinski definition) is 0. The summed E-state index contributed by atoms with van der Waals surface area (Å²) in [5, 5.41) is 0.235. The van der Waals surface area contributed by atoms with Crippen molar-refractivity contribution in [3.05, 3.63) is 29.8 Å². The Morgan fingerprint density at radius 3 is 2.17 bits per heavy atom. The predicted octanol–water partition coefficient (Wildman–Crippen LogP) is 4.31. The first-order valence-electron chi connectivity index (χ1n) is 6.47. The molecule has 0 fully saturated rings. The highest BCUT2D eigenvalue weighted by molar-refractivity contribution is 6.74. The van der Waals surface area contributed by atoms with Crippen molar-refractivity contribution in [1.29, 1.82) is 0 Å². The van der Waals surface area contributed by atoms with Gasteiger partial charge < -0.3 is 9.42 Å². The standard InChI is InChI=1S/C15H25NOSi/c1-15(2,3)18(5,6)17-14-9-7-13(8-10-14)11-12-16-4/h7-10H,4,11-12H2,1-3,5-6H3. The summed E-state index contributed by atoms with van der Waals surface area (Å²) in [6.45, 7) is 15.6. The SMILES string of the molecule is C=NCCc1ccc(O[Si](C)(C)C(C)(C)C)cc1. The van der Waals surface area contributed by atoms with Gasteiger partial charge in [0.15, 0.2) is 0 Å². The predicted molar refractivity (Wildman–Crippen MR) is 82.4 cm³/mol. The van der Waals surface area contributed by atoms with E-state index >= 15 is 0 Å². The van der Waals surface area contributed by atoms with E-state index in [2.05, 4.69) is 69.8 Å². The molecule has 3 heteroatoms. The second-order valence-corrected chi connectivity index (χ2v) is 10.9. The van der Waals surface area contributed by atoms with Crippen molar-refractivity contribution < 1.29 is 4.43 Å². The second-order valence-electron chi connectivity index (χ2n) is 6.20. The topological polar surface area (TPSA) is 21.6 Å². The molecule has 0 aliphatic carbocycles. The van der Waals surface area contributed by atoms with Crippen molar-refractivity contribution in [2.45, 2.75) is 45.3 Å². The molecule has 1 aromatic rings. The van der Waals surface area contributed by atoms with Gasteiger partial charge in [-0.25, -0.2) is 0 Å². The summed E-state index contributed by atoms with van der Waals surface area (Å²) in [5.41, 5.74) is 1.28. The highest BCUT2D eigenvalue weighted by atomic mass is 28.4. The van der Waals surface area contributed by atoms with Crippen LogP contribution in [-0.2, 0) is 6.42 Å². The molecule has 0 heterocycles. The molecule has 0 aliphatic heterocycles. The molecule has 100 valence electrons. The Hall–Kier alpha value is -1.09. The van der Waals surface area contributed by atoms with E-state index in [-0.39, 0.29) is 5.04 Å². The van der Waals surface area contributed by atoms with Crippen LogP contribution in [0.2, 0.25) is 18.1 Å². The molecule has 18 heavy (non-hydrogen) atoms. The zero-order valence-corrected chi connectivity index (χ0v) is 13.3. The van der Waals surface area contributed by atoms with E-state index in [0.29, 0.717) is 0 Å². The number of benzene rings is 1. The van der Waals surface area contributed by atoms with E-state index in [1.54, 1.807) is 0 Å². The molecule has 0 aliphatic rings. The Kier molecular flexibility index (Phi) is 4.74. The lowest BCUT2D eigenvalue weighted by molar-refractivity contribution is 0.492. The lowest BCUT2D eigenvalue weighted by atomic mass is 10.1. The number of nitrogens with zero attached hydrogens (tertiary/aromatic N) is 1. The minimum absolute atomic E-state index is 0.235. The Morgan fingerprint density at radius 1 is 1.17 bits per heavy atom. The Bertz CT molecular complexity index is 390. The first-order chi connectivity index (χ1) is 8.26. The average molecular weight is 263 g/mol. The highest BCUT2D eigenvalue weighted by Crippen LogP contribution is 2.37.